The summed E-state index contributed by atoms with van der Waals surface area (Å²) in [5, 5.41) is 10.00. The Labute approximate surface area is 91.5 Å². The molecule has 2 bridgehead atoms. The minimum Gasteiger partial charge on any atom is -0.517 e. The van der Waals surface area contributed by atoms with Gasteiger partial charge >= 0.3 is 38.6 Å². The fourth-order valence-electron chi connectivity index (χ4n) is 1.01. The second-order valence-corrected chi connectivity index (χ2v) is 4.23. The summed E-state index contributed by atoms with van der Waals surface area (Å²) >= 11 is 0. The first-order valence-corrected chi connectivity index (χ1v) is 4.69. The zero-order valence-corrected chi connectivity index (χ0v) is 9.44. The molecule has 0 N–H and O–H groups in total. The van der Waals surface area contributed by atoms with E-state index in [0.29, 0.717) is 13.2 Å². The number of carboxylic acid groups (broad SMARTS) is 1. The van der Waals surface area contributed by atoms with E-state index >= 15 is 0 Å². The molecule has 2 rings (SSSR count). The summed E-state index contributed by atoms with van der Waals surface area (Å²) in [5.74, 6) is 0. The van der Waals surface area contributed by atoms with Crippen molar-refractivity contribution in [3.63, 3.8) is 0 Å². The SMILES string of the molecule is O=C([O-])O[Si]12OCC(CO1)O2.[Na+]. The molecule has 2 saturated heterocycles. The third-order valence-electron chi connectivity index (χ3n) is 1.41. The van der Waals surface area contributed by atoms with Crippen LogP contribution in [-0.4, -0.2) is 34.5 Å². The average Bonchev–Trinajstić information content (AvgIpc) is 2.43. The van der Waals surface area contributed by atoms with Gasteiger partial charge in [-0.15, -0.1) is 0 Å². The van der Waals surface area contributed by atoms with Crippen molar-refractivity contribution in [3.05, 3.63) is 0 Å². The molecule has 0 spiro atoms. The van der Waals surface area contributed by atoms with Crippen LogP contribution in [0.1, 0.15) is 0 Å². The van der Waals surface area contributed by atoms with E-state index in [2.05, 4.69) is 4.43 Å². The molecule has 62 valence electrons. The van der Waals surface area contributed by atoms with Crippen LogP contribution in [0.25, 0.3) is 0 Å². The molecule has 0 saturated carbocycles. The average molecular weight is 200 g/mol. The molecule has 12 heavy (non-hydrogen) atoms. The second-order valence-electron chi connectivity index (χ2n) is 2.21. The zero-order chi connectivity index (χ0) is 7.90. The van der Waals surface area contributed by atoms with E-state index in [4.69, 9.17) is 13.3 Å². The van der Waals surface area contributed by atoms with Gasteiger partial charge < -0.3 is 27.6 Å². The molecule has 2 aliphatic rings. The molecule has 0 atom stereocenters. The van der Waals surface area contributed by atoms with Crippen molar-refractivity contribution in [1.29, 1.82) is 0 Å². The molecule has 0 aromatic rings. The van der Waals surface area contributed by atoms with Crippen molar-refractivity contribution < 1.29 is 57.2 Å². The van der Waals surface area contributed by atoms with Crippen LogP contribution < -0.4 is 34.7 Å². The summed E-state index contributed by atoms with van der Waals surface area (Å²) in [4.78, 5) is 10.00. The van der Waals surface area contributed by atoms with Crippen LogP contribution in [0.4, 0.5) is 4.79 Å². The zero-order valence-electron chi connectivity index (χ0n) is 6.44. The second kappa shape index (κ2) is 3.62. The first kappa shape index (κ1) is 10.4. The number of carbonyl (C=O) groups excluding carboxylic acids is 1. The molecule has 6 nitrogen and oxygen atoms in total. The van der Waals surface area contributed by atoms with E-state index < -0.39 is 15.2 Å². The molecule has 2 fully saturated rings. The normalized spacial score (nSPS) is 37.5. The molecule has 0 aliphatic carbocycles. The van der Waals surface area contributed by atoms with Crippen LogP contribution in [0.3, 0.4) is 0 Å². The van der Waals surface area contributed by atoms with Crippen LogP contribution >= 0.6 is 0 Å². The van der Waals surface area contributed by atoms with Crippen LogP contribution in [-0.2, 0) is 17.7 Å². The molecule has 0 unspecified atom stereocenters. The number of hydrogen-bond donors (Lipinski definition) is 0. The molecule has 8 heteroatoms. The Kier molecular flexibility index (Phi) is 3.15. The summed E-state index contributed by atoms with van der Waals surface area (Å²) in [6.07, 6.45) is -1.83. The third-order valence-corrected chi connectivity index (χ3v) is 3.49. The number of hydrogen-bond acceptors (Lipinski definition) is 6. The van der Waals surface area contributed by atoms with Crippen molar-refractivity contribution in [2.75, 3.05) is 13.2 Å². The van der Waals surface area contributed by atoms with Gasteiger partial charge in [0.1, 0.15) is 0 Å². The minimum atomic E-state index is -3.26. The largest absolute Gasteiger partial charge is 1.00 e. The topological polar surface area (TPSA) is 77.1 Å². The summed E-state index contributed by atoms with van der Waals surface area (Å²) in [6.45, 7) is 0.693. The third kappa shape index (κ3) is 1.82. The Bertz CT molecular complexity index is 190. The maximum absolute atomic E-state index is 10.00. The molecule has 0 amide bonds. The van der Waals surface area contributed by atoms with Crippen molar-refractivity contribution in [1.82, 2.24) is 0 Å². The summed E-state index contributed by atoms with van der Waals surface area (Å²) < 4.78 is 19.1. The first-order valence-electron chi connectivity index (χ1n) is 3.06. The van der Waals surface area contributed by atoms with Crippen molar-refractivity contribution in [2.24, 2.45) is 0 Å². The molecule has 0 aromatic heterocycles. The van der Waals surface area contributed by atoms with Crippen LogP contribution in [0.2, 0.25) is 0 Å². The van der Waals surface area contributed by atoms with Crippen molar-refractivity contribution in [2.45, 2.75) is 6.10 Å². The van der Waals surface area contributed by atoms with Gasteiger partial charge in [0, 0.05) is 0 Å². The van der Waals surface area contributed by atoms with Gasteiger partial charge in [-0.05, 0) is 0 Å². The molecule has 0 aromatic carbocycles. The predicted octanol–water partition coefficient (Wildman–Crippen LogP) is -4.77. The maximum atomic E-state index is 10.00. The summed E-state index contributed by atoms with van der Waals surface area (Å²) in [5.41, 5.74) is 0. The Morgan fingerprint density at radius 3 is 2.42 bits per heavy atom. The molecular weight excluding hydrogens is 195 g/mol. The van der Waals surface area contributed by atoms with Gasteiger partial charge in [0.25, 0.3) is 0 Å². The number of carbonyl (C=O) groups is 1. The Balaban J connectivity index is 0.000000720. The summed E-state index contributed by atoms with van der Waals surface area (Å²) in [6, 6.07) is 0. The molecular formula is C4H5NaO6Si. The van der Waals surface area contributed by atoms with Crippen molar-refractivity contribution >= 4 is 15.2 Å². The van der Waals surface area contributed by atoms with E-state index in [1.165, 1.54) is 0 Å². The standard InChI is InChI=1S/C4H6O6Si.Na/c5-4(6)10-11-7-1-3(9-11)2-8-11;/h3H,1-2H2,(H,5,6);/q;+1/p-1. The number of fused-ring (bicyclic) bond motifs is 2. The van der Waals surface area contributed by atoms with Gasteiger partial charge in [0.15, 0.2) is 0 Å². The Morgan fingerprint density at radius 1 is 1.50 bits per heavy atom. The van der Waals surface area contributed by atoms with E-state index in [9.17, 15) is 9.90 Å². The van der Waals surface area contributed by atoms with Crippen LogP contribution in [0.5, 0.6) is 0 Å². The van der Waals surface area contributed by atoms with Crippen LogP contribution in [0, 0.1) is 0 Å². The molecule has 2 heterocycles. The van der Waals surface area contributed by atoms with Crippen LogP contribution in [0.15, 0.2) is 0 Å². The quantitative estimate of drug-likeness (QED) is 0.395. The van der Waals surface area contributed by atoms with Gasteiger partial charge in [-0.1, -0.05) is 0 Å². The van der Waals surface area contributed by atoms with Gasteiger partial charge in [-0.3, -0.25) is 0 Å². The van der Waals surface area contributed by atoms with Gasteiger partial charge in [-0.2, -0.15) is 0 Å². The van der Waals surface area contributed by atoms with Gasteiger partial charge in [-0.25, -0.2) is 0 Å². The smallest absolute Gasteiger partial charge is 0.517 e. The van der Waals surface area contributed by atoms with Gasteiger partial charge in [0.2, 0.25) is 6.16 Å². The predicted molar refractivity (Wildman–Crippen MR) is 29.0 cm³/mol. The van der Waals surface area contributed by atoms with E-state index in [1.54, 1.807) is 0 Å². The molecule has 0 radical (unpaired) electrons. The Morgan fingerprint density at radius 2 is 2.08 bits per heavy atom. The van der Waals surface area contributed by atoms with E-state index in [-0.39, 0.29) is 35.7 Å². The minimum absolute atomic E-state index is 0. The summed E-state index contributed by atoms with van der Waals surface area (Å²) in [7, 11) is -3.26. The molecule has 2 aliphatic heterocycles. The Hall–Kier alpha value is 0.367. The number of rotatable bonds is 1. The van der Waals surface area contributed by atoms with Crippen molar-refractivity contribution in [3.8, 4) is 0 Å². The fraction of sp³-hybridized carbons (Fsp3) is 0.750. The monoisotopic (exact) mass is 200 g/mol. The van der Waals surface area contributed by atoms with E-state index in [0.717, 1.165) is 0 Å². The van der Waals surface area contributed by atoms with E-state index in [1.807, 2.05) is 0 Å². The fourth-order valence-corrected chi connectivity index (χ4v) is 2.92. The first-order chi connectivity index (χ1) is 5.20. The van der Waals surface area contributed by atoms with Gasteiger partial charge in [0.05, 0.1) is 19.3 Å². The maximum Gasteiger partial charge on any atom is 1.00 e.